The summed E-state index contributed by atoms with van der Waals surface area (Å²) < 4.78 is 0. The Morgan fingerprint density at radius 2 is 1.95 bits per heavy atom. The summed E-state index contributed by atoms with van der Waals surface area (Å²) in [5, 5.41) is 8.63. The summed E-state index contributed by atoms with van der Waals surface area (Å²) in [5.74, 6) is 4.55. The molecule has 5 nitrogen and oxygen atoms in total. The Bertz CT molecular complexity index is 541. The number of carbonyl (C=O) groups excluding carboxylic acids is 2. The lowest BCUT2D eigenvalue weighted by Gasteiger charge is -2.21. The van der Waals surface area contributed by atoms with Crippen molar-refractivity contribution in [3.8, 4) is 11.8 Å². The molecule has 1 rings (SSSR count). The smallest absolute Gasteiger partial charge is 0.254 e. The monoisotopic (exact) mass is 288 g/mol. The molecule has 0 spiro atoms. The molecule has 112 valence electrons. The van der Waals surface area contributed by atoms with Crippen molar-refractivity contribution in [2.75, 3.05) is 19.7 Å². The minimum absolute atomic E-state index is 0.0785. The van der Waals surface area contributed by atoms with Gasteiger partial charge in [0.05, 0.1) is 6.54 Å². The van der Waals surface area contributed by atoms with Gasteiger partial charge in [0.15, 0.2) is 0 Å². The lowest BCUT2D eigenvalue weighted by molar-refractivity contribution is -0.118. The normalized spacial score (nSPS) is 9.62. The number of carbonyl (C=O) groups is 2. The van der Waals surface area contributed by atoms with Gasteiger partial charge in [-0.25, -0.2) is 0 Å². The largest absolute Gasteiger partial charge is 0.384 e. The highest BCUT2D eigenvalue weighted by Gasteiger charge is 2.16. The van der Waals surface area contributed by atoms with Crippen LogP contribution >= 0.6 is 0 Å². The molecule has 2 amide bonds. The zero-order valence-electron chi connectivity index (χ0n) is 12.1. The number of hydrogen-bond acceptors (Lipinski definition) is 3. The summed E-state index contributed by atoms with van der Waals surface area (Å²) in [6.45, 7) is 2.24. The summed E-state index contributed by atoms with van der Waals surface area (Å²) in [7, 11) is 0. The lowest BCUT2D eigenvalue weighted by Crippen LogP contribution is -2.39. The molecule has 0 saturated heterocycles. The van der Waals surface area contributed by atoms with Gasteiger partial charge in [-0.15, -0.1) is 0 Å². The van der Waals surface area contributed by atoms with Crippen molar-refractivity contribution < 1.29 is 14.7 Å². The minimum atomic E-state index is -0.523. The quantitative estimate of drug-likeness (QED) is 0.758. The predicted molar refractivity (Wildman–Crippen MR) is 80.4 cm³/mol. The second kappa shape index (κ2) is 8.77. The average molecular weight is 288 g/mol. The van der Waals surface area contributed by atoms with E-state index in [-0.39, 0.29) is 19.1 Å². The van der Waals surface area contributed by atoms with Crippen LogP contribution in [0.2, 0.25) is 0 Å². The van der Waals surface area contributed by atoms with Crippen LogP contribution in [0.3, 0.4) is 0 Å². The minimum Gasteiger partial charge on any atom is -0.384 e. The first kappa shape index (κ1) is 16.7. The van der Waals surface area contributed by atoms with Gasteiger partial charge in [-0.1, -0.05) is 25.2 Å². The molecule has 0 aliphatic carbocycles. The second-order valence-electron chi connectivity index (χ2n) is 4.58. The highest BCUT2D eigenvalue weighted by Crippen LogP contribution is 2.08. The molecule has 0 aliphatic rings. The Kier molecular flexibility index (Phi) is 6.99. The summed E-state index contributed by atoms with van der Waals surface area (Å²) in [6.07, 6.45) is 1.75. The van der Waals surface area contributed by atoms with E-state index in [4.69, 9.17) is 10.8 Å². The Balaban J connectivity index is 2.84. The highest BCUT2D eigenvalue weighted by atomic mass is 16.2. The maximum atomic E-state index is 12.4. The van der Waals surface area contributed by atoms with Crippen molar-refractivity contribution >= 4 is 11.8 Å². The fourth-order valence-electron chi connectivity index (χ4n) is 1.81. The molecule has 0 aliphatic heterocycles. The molecule has 0 fully saturated rings. The van der Waals surface area contributed by atoms with Crippen molar-refractivity contribution in [1.82, 2.24) is 4.90 Å². The molecule has 1 aromatic carbocycles. The molecule has 0 aromatic heterocycles. The Hall–Kier alpha value is -2.32. The molecule has 0 bridgehead atoms. The Morgan fingerprint density at radius 1 is 1.29 bits per heavy atom. The first-order chi connectivity index (χ1) is 10.1. The number of rotatable bonds is 6. The fraction of sp³-hybridized carbons (Fsp3) is 0.375. The van der Waals surface area contributed by atoms with Crippen LogP contribution < -0.4 is 5.73 Å². The van der Waals surface area contributed by atoms with Crippen molar-refractivity contribution in [3.63, 3.8) is 0 Å². The molecule has 1 aromatic rings. The summed E-state index contributed by atoms with van der Waals surface area (Å²) in [4.78, 5) is 24.9. The predicted octanol–water partition coefficient (Wildman–Crippen LogP) is 0.758. The average Bonchev–Trinajstić information content (AvgIpc) is 2.49. The molecule has 0 atom stereocenters. The molecular weight excluding hydrogens is 268 g/mol. The third kappa shape index (κ3) is 5.67. The topological polar surface area (TPSA) is 83.6 Å². The maximum absolute atomic E-state index is 12.4. The van der Waals surface area contributed by atoms with E-state index in [0.29, 0.717) is 12.1 Å². The van der Waals surface area contributed by atoms with E-state index < -0.39 is 5.91 Å². The van der Waals surface area contributed by atoms with E-state index in [9.17, 15) is 9.59 Å². The van der Waals surface area contributed by atoms with Gasteiger partial charge >= 0.3 is 0 Å². The van der Waals surface area contributed by atoms with Crippen LogP contribution in [-0.2, 0) is 4.79 Å². The van der Waals surface area contributed by atoms with Gasteiger partial charge in [0.1, 0.15) is 6.61 Å². The molecule has 5 heteroatoms. The van der Waals surface area contributed by atoms with Crippen LogP contribution in [-0.4, -0.2) is 41.5 Å². The van der Waals surface area contributed by atoms with E-state index in [1.165, 1.54) is 4.90 Å². The van der Waals surface area contributed by atoms with Crippen LogP contribution in [0.1, 0.15) is 35.7 Å². The Labute approximate surface area is 124 Å². The van der Waals surface area contributed by atoms with Crippen LogP contribution in [0.15, 0.2) is 24.3 Å². The van der Waals surface area contributed by atoms with Crippen LogP contribution in [0.4, 0.5) is 0 Å². The number of aliphatic hydroxyl groups excluding tert-OH is 1. The third-order valence-electron chi connectivity index (χ3n) is 2.86. The number of aliphatic hydroxyl groups is 1. The van der Waals surface area contributed by atoms with E-state index in [1.807, 2.05) is 6.92 Å². The van der Waals surface area contributed by atoms with E-state index in [0.717, 1.165) is 18.4 Å². The van der Waals surface area contributed by atoms with Gasteiger partial charge in [0, 0.05) is 17.7 Å². The Morgan fingerprint density at radius 3 is 2.48 bits per heavy atom. The molecule has 0 radical (unpaired) electrons. The maximum Gasteiger partial charge on any atom is 0.254 e. The number of benzene rings is 1. The number of primary amides is 1. The van der Waals surface area contributed by atoms with Crippen molar-refractivity contribution in [2.45, 2.75) is 19.8 Å². The summed E-state index contributed by atoms with van der Waals surface area (Å²) >= 11 is 0. The molecule has 0 unspecified atom stereocenters. The van der Waals surface area contributed by atoms with Gasteiger partial charge in [-0.2, -0.15) is 0 Å². The van der Waals surface area contributed by atoms with Crippen LogP contribution in [0.5, 0.6) is 0 Å². The van der Waals surface area contributed by atoms with Gasteiger partial charge in [-0.3, -0.25) is 9.59 Å². The van der Waals surface area contributed by atoms with Gasteiger partial charge in [0.2, 0.25) is 5.91 Å². The standard InChI is InChI=1S/C16H20N2O3/c1-2-3-10-18(12-15(17)20)16(21)14-8-6-13(7-9-14)5-4-11-19/h6-9,19H,2-3,10-12H2,1H3,(H2,17,20). The van der Waals surface area contributed by atoms with E-state index in [2.05, 4.69) is 11.8 Å². The molecular formula is C16H20N2O3. The van der Waals surface area contributed by atoms with Gasteiger partial charge in [0.25, 0.3) is 5.91 Å². The second-order valence-corrected chi connectivity index (χ2v) is 4.58. The van der Waals surface area contributed by atoms with Crippen molar-refractivity contribution in [3.05, 3.63) is 35.4 Å². The third-order valence-corrected chi connectivity index (χ3v) is 2.86. The fourth-order valence-corrected chi connectivity index (χ4v) is 1.81. The number of nitrogens with zero attached hydrogens (tertiary/aromatic N) is 1. The molecule has 3 N–H and O–H groups in total. The number of hydrogen-bond donors (Lipinski definition) is 2. The van der Waals surface area contributed by atoms with Gasteiger partial charge in [-0.05, 0) is 30.7 Å². The molecule has 21 heavy (non-hydrogen) atoms. The summed E-state index contributed by atoms with van der Waals surface area (Å²) in [5.41, 5.74) is 6.39. The van der Waals surface area contributed by atoms with Crippen LogP contribution in [0, 0.1) is 11.8 Å². The van der Waals surface area contributed by atoms with Gasteiger partial charge < -0.3 is 15.7 Å². The summed E-state index contributed by atoms with van der Waals surface area (Å²) in [6, 6.07) is 6.73. The zero-order valence-corrected chi connectivity index (χ0v) is 12.1. The lowest BCUT2D eigenvalue weighted by atomic mass is 10.1. The number of nitrogens with two attached hydrogens (primary N) is 1. The number of unbranched alkanes of at least 4 members (excludes halogenated alkanes) is 1. The number of amides is 2. The van der Waals surface area contributed by atoms with Crippen molar-refractivity contribution in [2.24, 2.45) is 5.73 Å². The SMILES string of the molecule is CCCCN(CC(N)=O)C(=O)c1ccc(C#CCO)cc1. The van der Waals surface area contributed by atoms with E-state index in [1.54, 1.807) is 24.3 Å². The van der Waals surface area contributed by atoms with Crippen molar-refractivity contribution in [1.29, 1.82) is 0 Å². The first-order valence-corrected chi connectivity index (χ1v) is 6.85. The first-order valence-electron chi connectivity index (χ1n) is 6.85. The van der Waals surface area contributed by atoms with Crippen LogP contribution in [0.25, 0.3) is 0 Å². The molecule has 0 heterocycles. The van der Waals surface area contributed by atoms with E-state index >= 15 is 0 Å². The zero-order chi connectivity index (χ0) is 15.7. The molecule has 0 saturated carbocycles. The highest BCUT2D eigenvalue weighted by molar-refractivity contribution is 5.96.